The molecule has 1 atom stereocenters. The average Bonchev–Trinajstić information content (AvgIpc) is 2.56. The molecule has 0 aromatic heterocycles. The van der Waals surface area contributed by atoms with Crippen LogP contribution >= 0.6 is 0 Å². The third-order valence-corrected chi connectivity index (χ3v) is 5.13. The summed E-state index contributed by atoms with van der Waals surface area (Å²) >= 11 is 0. The molecule has 3 rings (SSSR count). The van der Waals surface area contributed by atoms with Crippen LogP contribution in [0.2, 0.25) is 0 Å². The minimum absolute atomic E-state index is 0.138. The molecule has 128 valence electrons. The zero-order valence-electron chi connectivity index (χ0n) is 13.2. The highest BCUT2D eigenvalue weighted by atomic mass is 32.2. The van der Waals surface area contributed by atoms with Gasteiger partial charge in [0.2, 0.25) is 10.0 Å². The van der Waals surface area contributed by atoms with Crippen molar-refractivity contribution in [2.24, 2.45) is 0 Å². The molecule has 0 aliphatic carbocycles. The van der Waals surface area contributed by atoms with Crippen LogP contribution in [-0.2, 0) is 15.8 Å². The van der Waals surface area contributed by atoms with Crippen LogP contribution in [0.15, 0.2) is 42.5 Å². The van der Waals surface area contributed by atoms with Crippen LogP contribution in [0.25, 0.3) is 0 Å². The second kappa shape index (κ2) is 6.78. The lowest BCUT2D eigenvalue weighted by atomic mass is 10.1. The van der Waals surface area contributed by atoms with Crippen molar-refractivity contribution in [3.05, 3.63) is 59.4 Å². The normalized spacial score (nSPS) is 15.1. The molecule has 1 heterocycles. The van der Waals surface area contributed by atoms with Gasteiger partial charge in [-0.3, -0.25) is 0 Å². The lowest BCUT2D eigenvalue weighted by molar-refractivity contribution is 0.171. The highest BCUT2D eigenvalue weighted by Gasteiger charge is 2.20. The molecule has 1 aliphatic rings. The predicted octanol–water partition coefficient (Wildman–Crippen LogP) is 2.78. The van der Waals surface area contributed by atoms with Crippen molar-refractivity contribution in [3.63, 3.8) is 0 Å². The zero-order chi connectivity index (χ0) is 17.2. The number of ether oxygens (including phenoxy) is 2. The number of rotatable bonds is 5. The molecule has 2 aromatic carbocycles. The standard InChI is InChI=1S/C17H18FNO4S/c1-12(13-6-7-16-17(10-13)23-9-8-22-16)19-24(20,21)11-14-4-2-3-5-15(14)18/h2-7,10,12,19H,8-9,11H2,1H3/t12-/m1/s1. The highest BCUT2D eigenvalue weighted by Crippen LogP contribution is 2.32. The van der Waals surface area contributed by atoms with Gasteiger partial charge in [-0.25, -0.2) is 17.5 Å². The molecule has 0 saturated heterocycles. The summed E-state index contributed by atoms with van der Waals surface area (Å²) in [6.07, 6.45) is 0. The number of sulfonamides is 1. The second-order valence-electron chi connectivity index (χ2n) is 5.59. The molecule has 0 fully saturated rings. The van der Waals surface area contributed by atoms with Crippen molar-refractivity contribution < 1.29 is 22.3 Å². The van der Waals surface area contributed by atoms with E-state index < -0.39 is 27.6 Å². The van der Waals surface area contributed by atoms with E-state index in [1.54, 1.807) is 31.2 Å². The van der Waals surface area contributed by atoms with Gasteiger partial charge in [-0.2, -0.15) is 0 Å². The van der Waals surface area contributed by atoms with Crippen LogP contribution in [-0.4, -0.2) is 21.6 Å². The first-order valence-corrected chi connectivity index (χ1v) is 9.23. The summed E-state index contributed by atoms with van der Waals surface area (Å²) in [5, 5.41) is 0. The Kier molecular flexibility index (Phi) is 4.73. The van der Waals surface area contributed by atoms with E-state index in [2.05, 4.69) is 4.72 Å². The summed E-state index contributed by atoms with van der Waals surface area (Å²) in [6, 6.07) is 10.7. The first-order valence-electron chi connectivity index (χ1n) is 7.57. The SMILES string of the molecule is C[C@@H](NS(=O)(=O)Cc1ccccc1F)c1ccc2c(c1)OCCO2. The summed E-state index contributed by atoms with van der Waals surface area (Å²) in [4.78, 5) is 0. The Morgan fingerprint density at radius 1 is 1.12 bits per heavy atom. The fourth-order valence-electron chi connectivity index (χ4n) is 2.53. The minimum atomic E-state index is -3.69. The maximum absolute atomic E-state index is 13.6. The van der Waals surface area contributed by atoms with Gasteiger partial charge in [0.1, 0.15) is 19.0 Å². The average molecular weight is 351 g/mol. The monoisotopic (exact) mass is 351 g/mol. The van der Waals surface area contributed by atoms with Gasteiger partial charge in [0, 0.05) is 11.6 Å². The number of nitrogens with one attached hydrogen (secondary N) is 1. The van der Waals surface area contributed by atoms with E-state index in [9.17, 15) is 12.8 Å². The third kappa shape index (κ3) is 3.85. The first-order chi connectivity index (χ1) is 11.4. The largest absolute Gasteiger partial charge is 0.486 e. The summed E-state index contributed by atoms with van der Waals surface area (Å²) in [5.41, 5.74) is 0.885. The van der Waals surface area contributed by atoms with Crippen molar-refractivity contribution in [2.75, 3.05) is 13.2 Å². The predicted molar refractivity (Wildman–Crippen MR) is 88.0 cm³/mol. The Bertz CT molecular complexity index is 838. The minimum Gasteiger partial charge on any atom is -0.486 e. The Balaban J connectivity index is 1.74. The van der Waals surface area contributed by atoms with Crippen LogP contribution in [0, 0.1) is 5.82 Å². The molecule has 0 spiro atoms. The van der Waals surface area contributed by atoms with Crippen molar-refractivity contribution in [3.8, 4) is 11.5 Å². The van der Waals surface area contributed by atoms with Gasteiger partial charge in [0.05, 0.1) is 5.75 Å². The van der Waals surface area contributed by atoms with E-state index in [4.69, 9.17) is 9.47 Å². The third-order valence-electron chi connectivity index (χ3n) is 3.73. The van der Waals surface area contributed by atoms with Gasteiger partial charge >= 0.3 is 0 Å². The van der Waals surface area contributed by atoms with E-state index >= 15 is 0 Å². The van der Waals surface area contributed by atoms with E-state index in [-0.39, 0.29) is 5.56 Å². The lowest BCUT2D eigenvalue weighted by Crippen LogP contribution is -2.28. The van der Waals surface area contributed by atoms with E-state index in [1.165, 1.54) is 18.2 Å². The van der Waals surface area contributed by atoms with Crippen LogP contribution in [0.5, 0.6) is 11.5 Å². The fourth-order valence-corrected chi connectivity index (χ4v) is 3.93. The molecule has 0 bridgehead atoms. The number of halogens is 1. The van der Waals surface area contributed by atoms with Crippen LogP contribution in [0.3, 0.4) is 0 Å². The van der Waals surface area contributed by atoms with Crippen LogP contribution < -0.4 is 14.2 Å². The molecule has 0 amide bonds. The van der Waals surface area contributed by atoms with E-state index in [0.717, 1.165) is 5.56 Å². The number of hydrogen-bond acceptors (Lipinski definition) is 4. The molecular weight excluding hydrogens is 333 g/mol. The highest BCUT2D eigenvalue weighted by molar-refractivity contribution is 7.88. The Hall–Kier alpha value is -2.12. The van der Waals surface area contributed by atoms with Gasteiger partial charge in [0.15, 0.2) is 11.5 Å². The fraction of sp³-hybridized carbons (Fsp3) is 0.294. The van der Waals surface area contributed by atoms with Crippen molar-refractivity contribution in [2.45, 2.75) is 18.7 Å². The molecule has 1 aliphatic heterocycles. The van der Waals surface area contributed by atoms with Crippen LogP contribution in [0.4, 0.5) is 4.39 Å². The summed E-state index contributed by atoms with van der Waals surface area (Å²) in [7, 11) is -3.69. The Morgan fingerprint density at radius 3 is 2.58 bits per heavy atom. The topological polar surface area (TPSA) is 64.6 Å². The molecule has 2 aromatic rings. The van der Waals surface area contributed by atoms with E-state index in [0.29, 0.717) is 24.7 Å². The molecule has 24 heavy (non-hydrogen) atoms. The van der Waals surface area contributed by atoms with Gasteiger partial charge in [0.25, 0.3) is 0 Å². The zero-order valence-corrected chi connectivity index (χ0v) is 14.0. The smallest absolute Gasteiger partial charge is 0.216 e. The van der Waals surface area contributed by atoms with Crippen molar-refractivity contribution in [1.82, 2.24) is 4.72 Å². The molecule has 0 unspecified atom stereocenters. The van der Waals surface area contributed by atoms with Crippen molar-refractivity contribution >= 4 is 10.0 Å². The number of benzene rings is 2. The quantitative estimate of drug-likeness (QED) is 0.900. The molecular formula is C17H18FNO4S. The summed E-state index contributed by atoms with van der Waals surface area (Å²) in [6.45, 7) is 2.69. The van der Waals surface area contributed by atoms with Crippen LogP contribution in [0.1, 0.15) is 24.1 Å². The molecule has 5 nitrogen and oxygen atoms in total. The van der Waals surface area contributed by atoms with Gasteiger partial charge < -0.3 is 9.47 Å². The maximum atomic E-state index is 13.6. The lowest BCUT2D eigenvalue weighted by Gasteiger charge is -2.21. The Labute approximate surface area is 140 Å². The molecule has 0 radical (unpaired) electrons. The molecule has 0 saturated carbocycles. The maximum Gasteiger partial charge on any atom is 0.216 e. The van der Waals surface area contributed by atoms with Crippen molar-refractivity contribution in [1.29, 1.82) is 0 Å². The second-order valence-corrected chi connectivity index (χ2v) is 7.35. The first kappa shape index (κ1) is 16.7. The van der Waals surface area contributed by atoms with Gasteiger partial charge in [-0.05, 0) is 30.7 Å². The molecule has 7 heteroatoms. The van der Waals surface area contributed by atoms with E-state index in [1.807, 2.05) is 0 Å². The Morgan fingerprint density at radius 2 is 1.83 bits per heavy atom. The number of fused-ring (bicyclic) bond motifs is 1. The summed E-state index contributed by atoms with van der Waals surface area (Å²) in [5.74, 6) is 0.300. The molecule has 1 N–H and O–H groups in total. The van der Waals surface area contributed by atoms with Gasteiger partial charge in [-0.1, -0.05) is 24.3 Å². The van der Waals surface area contributed by atoms with Gasteiger partial charge in [-0.15, -0.1) is 0 Å². The summed E-state index contributed by atoms with van der Waals surface area (Å²) < 4.78 is 51.7. The number of hydrogen-bond donors (Lipinski definition) is 1.